The molecule has 20 nitrogen and oxygen atoms in total. The van der Waals surface area contributed by atoms with Crippen LogP contribution in [0.2, 0.25) is 0 Å². The number of morpholine rings is 2. The summed E-state index contributed by atoms with van der Waals surface area (Å²) in [6, 6.07) is 10.4. The molecule has 4 fully saturated rings. The Morgan fingerprint density at radius 3 is 1.64 bits per heavy atom. The maximum absolute atomic E-state index is 13.9. The molecule has 0 bridgehead atoms. The van der Waals surface area contributed by atoms with Crippen molar-refractivity contribution in [3.8, 4) is 11.4 Å². The SMILES string of the molecule is C1COCCN1.CCOC(=O)c1cc(N2CCC(COC)CC2)c2c(C(C)C)nn(-c3ccnc(F)c3)c2n1.COCC1CCN(c2cc(C(=O)O)nc3c2c(C(C)C)nn3-c2ccnc(N3CCOCC3)c2)CC1. The van der Waals surface area contributed by atoms with Gasteiger partial charge in [-0.05, 0) is 80.5 Å². The molecule has 6 aromatic heterocycles. The Morgan fingerprint density at radius 1 is 0.693 bits per heavy atom. The van der Waals surface area contributed by atoms with Crippen molar-refractivity contribution in [1.82, 2.24) is 44.8 Å². The summed E-state index contributed by atoms with van der Waals surface area (Å²) in [5.74, 6) is -0.0308. The van der Waals surface area contributed by atoms with Crippen LogP contribution in [0.3, 0.4) is 0 Å². The van der Waals surface area contributed by atoms with Crippen LogP contribution in [-0.2, 0) is 23.7 Å². The van der Waals surface area contributed by atoms with Gasteiger partial charge in [0.25, 0.3) is 0 Å². The Kier molecular flexibility index (Phi) is 18.9. The Bertz CT molecular complexity index is 2840. The molecule has 4 aliphatic heterocycles. The number of ether oxygens (including phenoxy) is 5. The van der Waals surface area contributed by atoms with Crippen molar-refractivity contribution < 1.29 is 42.8 Å². The van der Waals surface area contributed by atoms with Crippen molar-refractivity contribution in [2.45, 2.75) is 72.1 Å². The van der Waals surface area contributed by atoms with Crippen molar-refractivity contribution in [3.05, 3.63) is 77.5 Å². The van der Waals surface area contributed by atoms with E-state index in [4.69, 9.17) is 33.9 Å². The smallest absolute Gasteiger partial charge is 0.357 e. The number of aromatic nitrogens is 8. The van der Waals surface area contributed by atoms with Crippen LogP contribution in [0.4, 0.5) is 21.6 Å². The normalized spacial score (nSPS) is 16.8. The quantitative estimate of drug-likeness (QED) is 0.0826. The Labute approximate surface area is 437 Å². The average Bonchev–Trinajstić information content (AvgIpc) is 4.10. The number of hydrogen-bond donors (Lipinski definition) is 2. The van der Waals surface area contributed by atoms with Crippen LogP contribution >= 0.6 is 0 Å². The zero-order chi connectivity index (χ0) is 53.0. The minimum Gasteiger partial charge on any atom is -0.477 e. The first kappa shape index (κ1) is 54.9. The molecule has 6 aromatic rings. The van der Waals surface area contributed by atoms with Crippen LogP contribution in [0.5, 0.6) is 0 Å². The minimum atomic E-state index is -1.05. The number of aromatic carboxylic acids is 1. The molecule has 404 valence electrons. The maximum Gasteiger partial charge on any atom is 0.357 e. The lowest BCUT2D eigenvalue weighted by molar-refractivity contribution is 0.0519. The Hall–Kier alpha value is -6.39. The number of nitrogens with one attached hydrogen (secondary N) is 1. The summed E-state index contributed by atoms with van der Waals surface area (Å²) in [4.78, 5) is 49.0. The maximum atomic E-state index is 13.9. The fourth-order valence-corrected chi connectivity index (χ4v) is 10.0. The molecule has 0 saturated carbocycles. The van der Waals surface area contributed by atoms with Gasteiger partial charge in [-0.25, -0.2) is 38.9 Å². The van der Waals surface area contributed by atoms with E-state index < -0.39 is 17.9 Å². The van der Waals surface area contributed by atoms with Gasteiger partial charge in [0, 0.05) is 104 Å². The Balaban J connectivity index is 0.000000179. The number of esters is 1. The third-order valence-corrected chi connectivity index (χ3v) is 13.9. The van der Waals surface area contributed by atoms with Crippen LogP contribution in [0.1, 0.15) is 105 Å². The van der Waals surface area contributed by atoms with Gasteiger partial charge in [0.15, 0.2) is 22.7 Å². The second-order valence-corrected chi connectivity index (χ2v) is 19.8. The molecule has 0 aromatic carbocycles. The highest BCUT2D eigenvalue weighted by Crippen LogP contribution is 2.39. The molecule has 10 rings (SSSR count). The molecule has 21 heteroatoms. The molecule has 0 spiro atoms. The molecule has 0 atom stereocenters. The summed E-state index contributed by atoms with van der Waals surface area (Å²) >= 11 is 0. The summed E-state index contributed by atoms with van der Waals surface area (Å²) in [6.07, 6.45) is 7.15. The topological polar surface area (TPSA) is 209 Å². The molecular weight excluding hydrogens is 964 g/mol. The van der Waals surface area contributed by atoms with E-state index >= 15 is 0 Å². The van der Waals surface area contributed by atoms with Crippen molar-refractivity contribution in [3.63, 3.8) is 0 Å². The number of pyridine rings is 4. The standard InChI is InChI=1S/C26H34N6O4.C24H30FN5O3.C4H9NO/c1-17(2)24-23-21(30-8-5-18(6-9-30)16-35-3)15-20(26(33)34)28-25(23)32(29-24)19-4-7-27-22(14-19)31-10-12-36-13-11-31;1-5-33-24(31)18-13-19(29-10-7-16(8-11-29)14-32-4)21-22(15(2)3)28-30(23(21)27-18)17-6-9-26-20(25)12-17;1-3-6-4-2-5-1/h4,7,14-15,17-18H,5-6,8-13,16H2,1-3H3,(H,33,34);6,9,12-13,15-16H,5,7-8,10-11,14H2,1-4H3;5H,1-4H2. The van der Waals surface area contributed by atoms with Crippen molar-refractivity contribution >= 4 is 51.2 Å². The van der Waals surface area contributed by atoms with E-state index in [9.17, 15) is 19.1 Å². The highest BCUT2D eigenvalue weighted by atomic mass is 19.1. The second kappa shape index (κ2) is 25.9. The van der Waals surface area contributed by atoms with E-state index in [1.54, 1.807) is 48.8 Å². The number of carboxylic acid groups (broad SMARTS) is 1. The first-order chi connectivity index (χ1) is 36.4. The van der Waals surface area contributed by atoms with Crippen LogP contribution in [0.15, 0.2) is 48.8 Å². The van der Waals surface area contributed by atoms with Gasteiger partial charge in [0.2, 0.25) is 5.95 Å². The molecule has 10 heterocycles. The summed E-state index contributed by atoms with van der Waals surface area (Å²) in [6.45, 7) is 21.9. The van der Waals surface area contributed by atoms with Gasteiger partial charge in [-0.15, -0.1) is 0 Å². The van der Waals surface area contributed by atoms with E-state index in [-0.39, 0.29) is 29.8 Å². The number of fused-ring (bicyclic) bond motifs is 2. The summed E-state index contributed by atoms with van der Waals surface area (Å²) in [5, 5.41) is 24.7. The van der Waals surface area contributed by atoms with Gasteiger partial charge in [0.1, 0.15) is 5.82 Å². The van der Waals surface area contributed by atoms with E-state index in [1.807, 2.05) is 18.2 Å². The number of methoxy groups -OCH3 is 2. The van der Waals surface area contributed by atoms with Crippen LogP contribution < -0.4 is 20.0 Å². The monoisotopic (exact) mass is 1040 g/mol. The molecule has 0 aliphatic carbocycles. The molecule has 4 saturated heterocycles. The zero-order valence-electron chi connectivity index (χ0n) is 44.5. The third kappa shape index (κ3) is 13.2. The van der Waals surface area contributed by atoms with E-state index in [0.717, 1.165) is 150 Å². The number of carbonyl (C=O) groups is 2. The summed E-state index contributed by atoms with van der Waals surface area (Å²) in [5.41, 5.74) is 6.16. The first-order valence-electron chi connectivity index (χ1n) is 26.3. The lowest BCUT2D eigenvalue weighted by Crippen LogP contribution is -2.36. The lowest BCUT2D eigenvalue weighted by atomic mass is 9.96. The molecular formula is C54H73FN12O8. The molecule has 4 aliphatic rings. The van der Waals surface area contributed by atoms with Crippen LogP contribution in [-0.4, -0.2) is 169 Å². The van der Waals surface area contributed by atoms with Gasteiger partial charge in [0.05, 0.1) is 77.9 Å². The highest BCUT2D eigenvalue weighted by Gasteiger charge is 2.30. The largest absolute Gasteiger partial charge is 0.477 e. The number of rotatable bonds is 14. The molecule has 0 radical (unpaired) electrons. The third-order valence-electron chi connectivity index (χ3n) is 13.9. The molecule has 0 unspecified atom stereocenters. The van der Waals surface area contributed by atoms with Gasteiger partial charge in [-0.3, -0.25) is 0 Å². The fourth-order valence-electron chi connectivity index (χ4n) is 10.0. The number of carbonyl (C=O) groups excluding carboxylic acids is 1. The zero-order valence-corrected chi connectivity index (χ0v) is 44.5. The van der Waals surface area contributed by atoms with Crippen molar-refractivity contribution in [1.29, 1.82) is 0 Å². The van der Waals surface area contributed by atoms with Crippen molar-refractivity contribution in [2.24, 2.45) is 11.8 Å². The van der Waals surface area contributed by atoms with E-state index in [0.29, 0.717) is 42.0 Å². The number of halogens is 1. The van der Waals surface area contributed by atoms with E-state index in [2.05, 4.69) is 67.6 Å². The Morgan fingerprint density at radius 2 is 1.19 bits per heavy atom. The summed E-state index contributed by atoms with van der Waals surface area (Å²) in [7, 11) is 3.47. The number of anilines is 3. The predicted molar refractivity (Wildman–Crippen MR) is 285 cm³/mol. The molecule has 75 heavy (non-hydrogen) atoms. The second-order valence-electron chi connectivity index (χ2n) is 19.8. The molecule has 2 N–H and O–H groups in total. The van der Waals surface area contributed by atoms with Crippen LogP contribution in [0.25, 0.3) is 33.4 Å². The number of carboxylic acids is 1. The van der Waals surface area contributed by atoms with Gasteiger partial charge >= 0.3 is 11.9 Å². The van der Waals surface area contributed by atoms with Gasteiger partial charge in [-0.1, -0.05) is 27.7 Å². The molecule has 0 amide bonds. The number of hydrogen-bond acceptors (Lipinski definition) is 17. The minimum absolute atomic E-state index is 0.0235. The van der Waals surface area contributed by atoms with Crippen LogP contribution in [0, 0.1) is 17.8 Å². The summed E-state index contributed by atoms with van der Waals surface area (Å²) < 4.78 is 43.8. The van der Waals surface area contributed by atoms with Crippen molar-refractivity contribution in [2.75, 3.05) is 128 Å². The lowest BCUT2D eigenvalue weighted by Gasteiger charge is -2.34. The number of nitrogens with zero attached hydrogens (tertiary/aromatic N) is 11. The average molecular weight is 1040 g/mol. The fraction of sp³-hybridized carbons (Fsp3) is 0.556. The van der Waals surface area contributed by atoms with Gasteiger partial charge < -0.3 is 48.8 Å². The number of piperidine rings is 2. The first-order valence-corrected chi connectivity index (χ1v) is 26.3. The van der Waals surface area contributed by atoms with E-state index in [1.165, 1.54) is 12.3 Å². The highest BCUT2D eigenvalue weighted by molar-refractivity contribution is 6.00. The predicted octanol–water partition coefficient (Wildman–Crippen LogP) is 7.06. The van der Waals surface area contributed by atoms with Gasteiger partial charge in [-0.2, -0.15) is 14.6 Å².